The Kier molecular flexibility index (Phi) is 6.32. The molecule has 2 N–H and O–H groups in total. The van der Waals surface area contributed by atoms with Gasteiger partial charge in [0.25, 0.3) is 0 Å². The molecule has 0 spiro atoms. The predicted octanol–water partition coefficient (Wildman–Crippen LogP) is 1.13. The van der Waals surface area contributed by atoms with Crippen molar-refractivity contribution in [1.29, 1.82) is 0 Å². The molecule has 3 unspecified atom stereocenters. The molecule has 1 fully saturated rings. The van der Waals surface area contributed by atoms with Gasteiger partial charge in [0, 0.05) is 5.75 Å². The first-order valence-electron chi connectivity index (χ1n) is 6.79. The lowest BCUT2D eigenvalue weighted by molar-refractivity contribution is -0.143. The Morgan fingerprint density at radius 2 is 2.05 bits per heavy atom. The van der Waals surface area contributed by atoms with Gasteiger partial charge in [-0.25, -0.2) is 14.4 Å². The molecule has 1 rings (SSSR count). The summed E-state index contributed by atoms with van der Waals surface area (Å²) in [5.74, 6) is -1.03. The predicted molar refractivity (Wildman–Crippen MR) is 79.0 cm³/mol. The van der Waals surface area contributed by atoms with Crippen molar-refractivity contribution in [3.05, 3.63) is 0 Å². The molecule has 0 bridgehead atoms. The van der Waals surface area contributed by atoms with Crippen LogP contribution in [0, 0.1) is 5.92 Å². The van der Waals surface area contributed by atoms with Gasteiger partial charge in [-0.2, -0.15) is 0 Å². The number of carboxylic acid groups (broad SMARTS) is 1. The maximum absolute atomic E-state index is 12.3. The number of esters is 1. The molecular formula is C13H22N2O5S. The van der Waals surface area contributed by atoms with E-state index in [9.17, 15) is 14.4 Å². The monoisotopic (exact) mass is 318 g/mol. The number of thioether (sulfide) groups is 1. The summed E-state index contributed by atoms with van der Waals surface area (Å²) in [6, 6.07) is -2.19. The zero-order valence-corrected chi connectivity index (χ0v) is 13.5. The van der Waals surface area contributed by atoms with Crippen LogP contribution in [-0.2, 0) is 14.3 Å². The first-order chi connectivity index (χ1) is 9.77. The Bertz CT molecular complexity index is 415. The second-order valence-corrected chi connectivity index (χ2v) is 6.70. The number of nitrogens with one attached hydrogen (secondary N) is 1. The highest BCUT2D eigenvalue weighted by Crippen LogP contribution is 2.28. The largest absolute Gasteiger partial charge is 0.480 e. The molecular weight excluding hydrogens is 296 g/mol. The average Bonchev–Trinajstić information content (AvgIpc) is 2.78. The Morgan fingerprint density at radius 1 is 1.43 bits per heavy atom. The van der Waals surface area contributed by atoms with Gasteiger partial charge in [0.15, 0.2) is 0 Å². The molecule has 3 atom stereocenters. The second-order valence-electron chi connectivity index (χ2n) is 5.35. The molecule has 0 aromatic carbocycles. The number of ether oxygens (including phenoxy) is 1. The van der Waals surface area contributed by atoms with Crippen molar-refractivity contribution in [1.82, 2.24) is 10.2 Å². The van der Waals surface area contributed by atoms with E-state index in [4.69, 9.17) is 5.11 Å². The van der Waals surface area contributed by atoms with Gasteiger partial charge in [0.1, 0.15) is 12.1 Å². The number of aliphatic carboxylic acids is 1. The summed E-state index contributed by atoms with van der Waals surface area (Å²) in [6.07, 6.45) is 0.436. The highest BCUT2D eigenvalue weighted by molar-refractivity contribution is 8.00. The molecule has 0 aromatic rings. The minimum Gasteiger partial charge on any atom is -0.480 e. The van der Waals surface area contributed by atoms with Gasteiger partial charge in [0.05, 0.1) is 12.5 Å². The fourth-order valence-corrected chi connectivity index (χ4v) is 3.36. The quantitative estimate of drug-likeness (QED) is 0.738. The molecule has 1 aliphatic heterocycles. The van der Waals surface area contributed by atoms with E-state index >= 15 is 0 Å². The third-order valence-electron chi connectivity index (χ3n) is 3.23. The Morgan fingerprint density at radius 3 is 2.52 bits per heavy atom. The summed E-state index contributed by atoms with van der Waals surface area (Å²) in [7, 11) is 1.26. The molecule has 1 aliphatic rings. The molecule has 0 saturated carbocycles. The lowest BCUT2D eigenvalue weighted by atomic mass is 10.0. The van der Waals surface area contributed by atoms with Crippen LogP contribution in [0.4, 0.5) is 4.79 Å². The summed E-state index contributed by atoms with van der Waals surface area (Å²) >= 11 is 1.39. The third kappa shape index (κ3) is 4.52. The fourth-order valence-electron chi connectivity index (χ4n) is 2.19. The molecule has 8 heteroatoms. The van der Waals surface area contributed by atoms with E-state index in [1.807, 2.05) is 13.8 Å². The number of hydrogen-bond donors (Lipinski definition) is 2. The SMILES string of the molecule is COC(=O)C(CC(C)C)NC(=O)N1C(C)SCC1C(=O)O. The fraction of sp³-hybridized carbons (Fsp3) is 0.769. The van der Waals surface area contributed by atoms with Crippen LogP contribution in [-0.4, -0.2) is 58.3 Å². The van der Waals surface area contributed by atoms with Crippen LogP contribution in [0.2, 0.25) is 0 Å². The van der Waals surface area contributed by atoms with Gasteiger partial charge in [-0.1, -0.05) is 13.8 Å². The third-order valence-corrected chi connectivity index (χ3v) is 4.45. The van der Waals surface area contributed by atoms with E-state index in [2.05, 4.69) is 10.1 Å². The van der Waals surface area contributed by atoms with Gasteiger partial charge in [-0.15, -0.1) is 11.8 Å². The van der Waals surface area contributed by atoms with Gasteiger partial charge in [-0.05, 0) is 19.3 Å². The number of carbonyl (C=O) groups is 3. The molecule has 2 amide bonds. The molecule has 21 heavy (non-hydrogen) atoms. The Hall–Kier alpha value is -1.44. The topological polar surface area (TPSA) is 95.9 Å². The van der Waals surface area contributed by atoms with E-state index in [1.54, 1.807) is 6.92 Å². The summed E-state index contributed by atoms with van der Waals surface area (Å²) in [5.41, 5.74) is 0. The van der Waals surface area contributed by atoms with Crippen molar-refractivity contribution >= 4 is 29.7 Å². The van der Waals surface area contributed by atoms with Crippen molar-refractivity contribution in [2.75, 3.05) is 12.9 Å². The molecule has 7 nitrogen and oxygen atoms in total. The number of rotatable bonds is 5. The standard InChI is InChI=1S/C13H22N2O5S/c1-7(2)5-9(12(18)20-4)14-13(19)15-8(3)21-6-10(15)11(16)17/h7-10H,5-6H2,1-4H3,(H,14,19)(H,16,17). The van der Waals surface area contributed by atoms with Gasteiger partial charge in [0.2, 0.25) is 0 Å². The van der Waals surface area contributed by atoms with E-state index < -0.39 is 30.1 Å². The van der Waals surface area contributed by atoms with Gasteiger partial charge >= 0.3 is 18.0 Å². The number of carbonyl (C=O) groups excluding carboxylic acids is 2. The van der Waals surface area contributed by atoms with Gasteiger partial charge in [-0.3, -0.25) is 4.90 Å². The van der Waals surface area contributed by atoms with Crippen LogP contribution in [0.15, 0.2) is 0 Å². The zero-order valence-electron chi connectivity index (χ0n) is 12.7. The summed E-state index contributed by atoms with van der Waals surface area (Å²) in [4.78, 5) is 36.5. The first kappa shape index (κ1) is 17.6. The van der Waals surface area contributed by atoms with E-state index in [0.29, 0.717) is 12.2 Å². The number of carboxylic acids is 1. The number of nitrogens with zero attached hydrogens (tertiary/aromatic N) is 1. The molecule has 1 saturated heterocycles. The van der Waals surface area contributed by atoms with Crippen LogP contribution in [0.3, 0.4) is 0 Å². The number of urea groups is 1. The molecule has 0 radical (unpaired) electrons. The second kappa shape index (κ2) is 7.53. The lowest BCUT2D eigenvalue weighted by Crippen LogP contribution is -2.54. The number of methoxy groups -OCH3 is 1. The smallest absolute Gasteiger partial charge is 0.328 e. The molecule has 1 heterocycles. The maximum atomic E-state index is 12.3. The van der Waals surface area contributed by atoms with Crippen molar-refractivity contribution < 1.29 is 24.2 Å². The van der Waals surface area contributed by atoms with Crippen molar-refractivity contribution in [2.24, 2.45) is 5.92 Å². The summed E-state index contributed by atoms with van der Waals surface area (Å²) < 4.78 is 4.68. The van der Waals surface area contributed by atoms with E-state index in [-0.39, 0.29) is 11.3 Å². The number of hydrogen-bond acceptors (Lipinski definition) is 5. The maximum Gasteiger partial charge on any atom is 0.328 e. The van der Waals surface area contributed by atoms with Crippen LogP contribution < -0.4 is 5.32 Å². The average molecular weight is 318 g/mol. The minimum atomic E-state index is -1.04. The van der Waals surface area contributed by atoms with Crippen LogP contribution in [0.5, 0.6) is 0 Å². The van der Waals surface area contributed by atoms with Crippen molar-refractivity contribution in [3.63, 3.8) is 0 Å². The molecule has 0 aromatic heterocycles. The summed E-state index contributed by atoms with van der Waals surface area (Å²) in [6.45, 7) is 5.62. The van der Waals surface area contributed by atoms with E-state index in [1.165, 1.54) is 23.8 Å². The van der Waals surface area contributed by atoms with Crippen molar-refractivity contribution in [3.8, 4) is 0 Å². The molecule has 120 valence electrons. The highest BCUT2D eigenvalue weighted by Gasteiger charge is 2.40. The first-order valence-corrected chi connectivity index (χ1v) is 7.83. The van der Waals surface area contributed by atoms with Gasteiger partial charge < -0.3 is 15.2 Å². The molecule has 0 aliphatic carbocycles. The number of amides is 2. The normalized spacial score (nSPS) is 23.0. The van der Waals surface area contributed by atoms with Crippen LogP contribution in [0.25, 0.3) is 0 Å². The Balaban J connectivity index is 2.80. The van der Waals surface area contributed by atoms with Crippen LogP contribution >= 0.6 is 11.8 Å². The Labute approximate surface area is 128 Å². The zero-order chi connectivity index (χ0) is 16.2. The van der Waals surface area contributed by atoms with E-state index in [0.717, 1.165) is 0 Å². The highest BCUT2D eigenvalue weighted by atomic mass is 32.2. The lowest BCUT2D eigenvalue weighted by Gasteiger charge is -2.28. The minimum absolute atomic E-state index is 0.190. The van der Waals surface area contributed by atoms with Crippen LogP contribution in [0.1, 0.15) is 27.2 Å². The van der Waals surface area contributed by atoms with Crippen molar-refractivity contribution in [2.45, 2.75) is 44.6 Å². The summed E-state index contributed by atoms with van der Waals surface area (Å²) in [5, 5.41) is 11.5.